The first-order valence-electron chi connectivity index (χ1n) is 6.65. The van der Waals surface area contributed by atoms with Gasteiger partial charge in [0.1, 0.15) is 5.75 Å². The molecule has 0 amide bonds. The van der Waals surface area contributed by atoms with Gasteiger partial charge in [0, 0.05) is 18.8 Å². The Balaban J connectivity index is 2.02. The van der Waals surface area contributed by atoms with Crippen molar-refractivity contribution in [3.05, 3.63) is 41.7 Å². The fourth-order valence-corrected chi connectivity index (χ4v) is 1.94. The largest absolute Gasteiger partial charge is 0.573 e. The molecule has 0 aliphatic heterocycles. The molecule has 1 heterocycles. The van der Waals surface area contributed by atoms with Crippen molar-refractivity contribution < 1.29 is 17.9 Å². The first-order chi connectivity index (χ1) is 10.7. The molecule has 2 aromatic rings. The maximum absolute atomic E-state index is 12.2. The number of aliphatic imine (C=N–C) groups is 1. The molecule has 23 heavy (non-hydrogen) atoms. The lowest BCUT2D eigenvalue weighted by Gasteiger charge is -2.11. The van der Waals surface area contributed by atoms with Gasteiger partial charge < -0.3 is 15.8 Å². The summed E-state index contributed by atoms with van der Waals surface area (Å²) in [5.74, 6) is -0.259. The van der Waals surface area contributed by atoms with Gasteiger partial charge in [0.05, 0.1) is 17.9 Å². The second-order valence-corrected chi connectivity index (χ2v) is 4.80. The Labute approximate surface area is 130 Å². The van der Waals surface area contributed by atoms with E-state index in [0.29, 0.717) is 12.2 Å². The van der Waals surface area contributed by atoms with Crippen molar-refractivity contribution in [2.45, 2.75) is 19.8 Å². The van der Waals surface area contributed by atoms with Crippen LogP contribution in [0.3, 0.4) is 0 Å². The van der Waals surface area contributed by atoms with Crippen LogP contribution in [-0.4, -0.2) is 22.1 Å². The molecule has 3 N–H and O–H groups in total. The normalized spacial score (nSPS) is 12.3. The van der Waals surface area contributed by atoms with Crippen LogP contribution in [0.5, 0.6) is 5.75 Å². The lowest BCUT2D eigenvalue weighted by atomic mass is 10.3. The molecule has 124 valence electrons. The van der Waals surface area contributed by atoms with Gasteiger partial charge in [0.25, 0.3) is 0 Å². The number of hydrogen-bond donors (Lipinski definition) is 2. The number of hydrogen-bond acceptors (Lipinski definition) is 3. The summed E-state index contributed by atoms with van der Waals surface area (Å²) in [6.07, 6.45) is -4.74. The Morgan fingerprint density at radius 2 is 2.13 bits per heavy atom. The highest BCUT2D eigenvalue weighted by Gasteiger charge is 2.31. The smallest absolute Gasteiger partial charge is 0.406 e. The summed E-state index contributed by atoms with van der Waals surface area (Å²) in [5, 5.41) is 6.90. The van der Waals surface area contributed by atoms with Gasteiger partial charge in [0.15, 0.2) is 5.96 Å². The number of aryl methyl sites for hydroxylation is 2. The summed E-state index contributed by atoms with van der Waals surface area (Å²) in [6.45, 7) is 2.16. The van der Waals surface area contributed by atoms with Crippen LogP contribution in [0.4, 0.5) is 18.9 Å². The Hall–Kier alpha value is -2.71. The minimum Gasteiger partial charge on any atom is -0.406 e. The van der Waals surface area contributed by atoms with Crippen LogP contribution >= 0.6 is 0 Å². The molecule has 0 bridgehead atoms. The molecule has 2 rings (SSSR count). The van der Waals surface area contributed by atoms with Crippen molar-refractivity contribution in [3.63, 3.8) is 0 Å². The fourth-order valence-electron chi connectivity index (χ4n) is 1.94. The molecule has 0 unspecified atom stereocenters. The zero-order valence-corrected chi connectivity index (χ0v) is 12.6. The number of aromatic nitrogens is 2. The van der Waals surface area contributed by atoms with E-state index in [9.17, 15) is 13.2 Å². The standard InChI is InChI=1S/C14H16F3N5O/c1-9-6-11(22(2)21-9)8-19-13(18)20-10-4-3-5-12(7-10)23-14(15,16)17/h3-7H,8H2,1-2H3,(H3,18,19,20). The SMILES string of the molecule is Cc1cc(CN=C(N)Nc2cccc(OC(F)(F)F)c2)n(C)n1. The quantitative estimate of drug-likeness (QED) is 0.668. The fraction of sp³-hybridized carbons (Fsp3) is 0.286. The van der Waals surface area contributed by atoms with E-state index >= 15 is 0 Å². The number of nitrogens with two attached hydrogens (primary N) is 1. The molecule has 0 spiro atoms. The molecule has 0 aliphatic carbocycles. The van der Waals surface area contributed by atoms with Gasteiger partial charge in [-0.25, -0.2) is 4.99 Å². The van der Waals surface area contributed by atoms with Crippen molar-refractivity contribution in [1.29, 1.82) is 0 Å². The number of anilines is 1. The van der Waals surface area contributed by atoms with E-state index < -0.39 is 6.36 Å². The molecule has 1 aromatic heterocycles. The van der Waals surface area contributed by atoms with Gasteiger partial charge in [-0.05, 0) is 25.1 Å². The first kappa shape index (κ1) is 16.7. The second-order valence-electron chi connectivity index (χ2n) is 4.80. The first-order valence-corrected chi connectivity index (χ1v) is 6.65. The number of alkyl halides is 3. The number of rotatable bonds is 4. The minimum absolute atomic E-state index is 0.0769. The van der Waals surface area contributed by atoms with E-state index in [-0.39, 0.29) is 11.7 Å². The van der Waals surface area contributed by atoms with Crippen LogP contribution in [0, 0.1) is 6.92 Å². The Bertz CT molecular complexity index is 709. The van der Waals surface area contributed by atoms with E-state index in [2.05, 4.69) is 20.1 Å². The number of guanidine groups is 1. The summed E-state index contributed by atoms with van der Waals surface area (Å²) in [5.41, 5.74) is 7.80. The molecule has 0 saturated carbocycles. The van der Waals surface area contributed by atoms with E-state index in [1.165, 1.54) is 18.2 Å². The summed E-state index contributed by atoms with van der Waals surface area (Å²) in [4.78, 5) is 4.13. The molecule has 0 fully saturated rings. The van der Waals surface area contributed by atoms with Gasteiger partial charge in [-0.1, -0.05) is 6.07 Å². The van der Waals surface area contributed by atoms with Gasteiger partial charge in [-0.15, -0.1) is 13.2 Å². The Morgan fingerprint density at radius 3 is 2.74 bits per heavy atom. The maximum atomic E-state index is 12.2. The van der Waals surface area contributed by atoms with E-state index in [4.69, 9.17) is 5.73 Å². The Morgan fingerprint density at radius 1 is 1.39 bits per heavy atom. The lowest BCUT2D eigenvalue weighted by molar-refractivity contribution is -0.274. The average molecular weight is 327 g/mol. The number of benzene rings is 1. The van der Waals surface area contributed by atoms with Crippen LogP contribution in [0.1, 0.15) is 11.4 Å². The summed E-state index contributed by atoms with van der Waals surface area (Å²) >= 11 is 0. The van der Waals surface area contributed by atoms with Crippen LogP contribution in [0.25, 0.3) is 0 Å². The third kappa shape index (κ3) is 5.20. The van der Waals surface area contributed by atoms with Crippen LogP contribution < -0.4 is 15.8 Å². The average Bonchev–Trinajstić information content (AvgIpc) is 2.73. The highest BCUT2D eigenvalue weighted by Crippen LogP contribution is 2.24. The molecule has 6 nitrogen and oxygen atoms in total. The lowest BCUT2D eigenvalue weighted by Crippen LogP contribution is -2.23. The van der Waals surface area contributed by atoms with Crippen molar-refractivity contribution >= 4 is 11.6 Å². The molecular formula is C14H16F3N5O. The van der Waals surface area contributed by atoms with Crippen molar-refractivity contribution in [1.82, 2.24) is 9.78 Å². The van der Waals surface area contributed by atoms with Crippen molar-refractivity contribution in [3.8, 4) is 5.75 Å². The zero-order valence-electron chi connectivity index (χ0n) is 12.6. The predicted molar refractivity (Wildman–Crippen MR) is 80.0 cm³/mol. The van der Waals surface area contributed by atoms with Gasteiger partial charge in [-0.2, -0.15) is 5.10 Å². The molecule has 0 radical (unpaired) electrons. The summed E-state index contributed by atoms with van der Waals surface area (Å²) < 4.78 is 42.1. The van der Waals surface area contributed by atoms with Gasteiger partial charge in [-0.3, -0.25) is 4.68 Å². The number of nitrogens with one attached hydrogen (secondary N) is 1. The number of ether oxygens (including phenoxy) is 1. The van der Waals surface area contributed by atoms with Crippen molar-refractivity contribution in [2.24, 2.45) is 17.8 Å². The third-order valence-electron chi connectivity index (χ3n) is 2.85. The molecule has 0 saturated heterocycles. The van der Waals surface area contributed by atoms with Crippen molar-refractivity contribution in [2.75, 3.05) is 5.32 Å². The number of halogens is 3. The second kappa shape index (κ2) is 6.59. The molecule has 0 atom stereocenters. The molecular weight excluding hydrogens is 311 g/mol. The van der Waals surface area contributed by atoms with Crippen LogP contribution in [-0.2, 0) is 13.6 Å². The van der Waals surface area contributed by atoms with Gasteiger partial charge >= 0.3 is 6.36 Å². The monoisotopic (exact) mass is 327 g/mol. The topological polar surface area (TPSA) is 77.5 Å². The van der Waals surface area contributed by atoms with Crippen LogP contribution in [0.2, 0.25) is 0 Å². The van der Waals surface area contributed by atoms with E-state index in [1.807, 2.05) is 13.0 Å². The molecule has 1 aromatic carbocycles. The maximum Gasteiger partial charge on any atom is 0.573 e. The zero-order chi connectivity index (χ0) is 17.0. The molecule has 0 aliphatic rings. The summed E-state index contributed by atoms with van der Waals surface area (Å²) in [7, 11) is 1.79. The number of nitrogens with zero attached hydrogens (tertiary/aromatic N) is 3. The van der Waals surface area contributed by atoms with E-state index in [0.717, 1.165) is 11.4 Å². The Kier molecular flexibility index (Phi) is 4.77. The summed E-state index contributed by atoms with van der Waals surface area (Å²) in [6, 6.07) is 7.23. The van der Waals surface area contributed by atoms with E-state index in [1.54, 1.807) is 17.8 Å². The third-order valence-corrected chi connectivity index (χ3v) is 2.85. The predicted octanol–water partition coefficient (Wildman–Crippen LogP) is 2.55. The highest BCUT2D eigenvalue weighted by molar-refractivity contribution is 5.92. The van der Waals surface area contributed by atoms with Gasteiger partial charge in [0.2, 0.25) is 0 Å². The minimum atomic E-state index is -4.74. The van der Waals surface area contributed by atoms with Crippen LogP contribution in [0.15, 0.2) is 35.3 Å². The highest BCUT2D eigenvalue weighted by atomic mass is 19.4. The molecule has 9 heteroatoms.